The smallest absolute Gasteiger partial charge is 0.249 e. The molecule has 0 aromatic carbocycles. The van der Waals surface area contributed by atoms with Crippen LogP contribution in [0.5, 0.6) is 0 Å². The van der Waals surface area contributed by atoms with Crippen molar-refractivity contribution in [2.24, 2.45) is 0 Å². The standard InChI is InChI=1S/C14H18N4O2/c1-3-10(2)16-12(19)6-7-13-17-18-14(20-13)11-5-4-8-15-9-11/h4-5,8-10H,3,6-7H2,1-2H3,(H,16,19). The molecule has 0 radical (unpaired) electrons. The van der Waals surface area contributed by atoms with E-state index in [1.807, 2.05) is 19.9 Å². The minimum Gasteiger partial charge on any atom is -0.421 e. The highest BCUT2D eigenvalue weighted by molar-refractivity contribution is 5.76. The van der Waals surface area contributed by atoms with Gasteiger partial charge in [-0.25, -0.2) is 0 Å². The first-order valence-electron chi connectivity index (χ1n) is 6.71. The van der Waals surface area contributed by atoms with Crippen LogP contribution in [0.4, 0.5) is 0 Å². The molecule has 2 aromatic rings. The first-order valence-corrected chi connectivity index (χ1v) is 6.71. The van der Waals surface area contributed by atoms with Gasteiger partial charge in [0, 0.05) is 31.3 Å². The van der Waals surface area contributed by atoms with Crippen LogP contribution in [0.1, 0.15) is 32.6 Å². The maximum absolute atomic E-state index is 11.7. The average Bonchev–Trinajstić information content (AvgIpc) is 2.95. The van der Waals surface area contributed by atoms with Crippen molar-refractivity contribution in [2.75, 3.05) is 0 Å². The Balaban J connectivity index is 1.89. The van der Waals surface area contributed by atoms with E-state index in [1.54, 1.807) is 18.5 Å². The highest BCUT2D eigenvalue weighted by Gasteiger charge is 2.11. The van der Waals surface area contributed by atoms with Crippen LogP contribution < -0.4 is 5.32 Å². The molecule has 1 amide bonds. The van der Waals surface area contributed by atoms with E-state index in [0.717, 1.165) is 12.0 Å². The normalized spacial score (nSPS) is 12.1. The zero-order valence-corrected chi connectivity index (χ0v) is 11.7. The monoisotopic (exact) mass is 274 g/mol. The lowest BCUT2D eigenvalue weighted by molar-refractivity contribution is -0.121. The number of nitrogens with one attached hydrogen (secondary N) is 1. The van der Waals surface area contributed by atoms with Crippen molar-refractivity contribution in [3.8, 4) is 11.5 Å². The molecule has 1 unspecified atom stereocenters. The van der Waals surface area contributed by atoms with Gasteiger partial charge in [0.15, 0.2) is 0 Å². The lowest BCUT2D eigenvalue weighted by Gasteiger charge is -2.10. The first kappa shape index (κ1) is 14.2. The van der Waals surface area contributed by atoms with Gasteiger partial charge in [0.05, 0.1) is 5.56 Å². The summed E-state index contributed by atoms with van der Waals surface area (Å²) in [5.41, 5.74) is 0.773. The zero-order valence-electron chi connectivity index (χ0n) is 11.7. The second-order valence-corrected chi connectivity index (χ2v) is 4.62. The molecular weight excluding hydrogens is 256 g/mol. The maximum Gasteiger partial charge on any atom is 0.249 e. The number of carbonyl (C=O) groups excluding carboxylic acids is 1. The molecule has 20 heavy (non-hydrogen) atoms. The topological polar surface area (TPSA) is 80.9 Å². The largest absolute Gasteiger partial charge is 0.421 e. The number of aromatic nitrogens is 3. The summed E-state index contributed by atoms with van der Waals surface area (Å²) in [5.74, 6) is 0.888. The number of carbonyl (C=O) groups is 1. The predicted molar refractivity (Wildman–Crippen MR) is 73.7 cm³/mol. The molecule has 0 aliphatic heterocycles. The van der Waals surface area contributed by atoms with E-state index in [0.29, 0.717) is 24.6 Å². The quantitative estimate of drug-likeness (QED) is 0.871. The maximum atomic E-state index is 11.7. The van der Waals surface area contributed by atoms with Gasteiger partial charge in [-0.05, 0) is 25.5 Å². The lowest BCUT2D eigenvalue weighted by Crippen LogP contribution is -2.32. The summed E-state index contributed by atoms with van der Waals surface area (Å²) in [4.78, 5) is 15.6. The van der Waals surface area contributed by atoms with Gasteiger partial charge in [-0.3, -0.25) is 9.78 Å². The summed E-state index contributed by atoms with van der Waals surface area (Å²) in [6.45, 7) is 4.01. The van der Waals surface area contributed by atoms with Crippen molar-refractivity contribution in [3.63, 3.8) is 0 Å². The van der Waals surface area contributed by atoms with Crippen LogP contribution >= 0.6 is 0 Å². The number of aryl methyl sites for hydroxylation is 1. The molecular formula is C14H18N4O2. The van der Waals surface area contributed by atoms with E-state index in [2.05, 4.69) is 20.5 Å². The predicted octanol–water partition coefficient (Wildman–Crippen LogP) is 1.98. The Morgan fingerprint density at radius 1 is 1.45 bits per heavy atom. The number of amides is 1. The molecule has 6 nitrogen and oxygen atoms in total. The van der Waals surface area contributed by atoms with Gasteiger partial charge in [0.1, 0.15) is 0 Å². The van der Waals surface area contributed by atoms with Crippen LogP contribution in [0, 0.1) is 0 Å². The molecule has 1 N–H and O–H groups in total. The Bertz CT molecular complexity index is 553. The number of hydrogen-bond acceptors (Lipinski definition) is 5. The van der Waals surface area contributed by atoms with Crippen LogP contribution in [0.25, 0.3) is 11.5 Å². The van der Waals surface area contributed by atoms with Gasteiger partial charge in [0.25, 0.3) is 0 Å². The number of hydrogen-bond donors (Lipinski definition) is 1. The third-order valence-corrected chi connectivity index (χ3v) is 2.96. The Morgan fingerprint density at radius 3 is 3.00 bits per heavy atom. The molecule has 0 saturated heterocycles. The molecule has 0 bridgehead atoms. The minimum atomic E-state index is 0.000442. The van der Waals surface area contributed by atoms with Gasteiger partial charge in [0.2, 0.25) is 17.7 Å². The molecule has 0 fully saturated rings. The van der Waals surface area contributed by atoms with E-state index in [4.69, 9.17) is 4.42 Å². The molecule has 6 heteroatoms. The van der Waals surface area contributed by atoms with Crippen molar-refractivity contribution in [1.82, 2.24) is 20.5 Å². The SMILES string of the molecule is CCC(C)NC(=O)CCc1nnc(-c2cccnc2)o1. The van der Waals surface area contributed by atoms with E-state index >= 15 is 0 Å². The van der Waals surface area contributed by atoms with Gasteiger partial charge in [-0.1, -0.05) is 6.92 Å². The summed E-state index contributed by atoms with van der Waals surface area (Å²) >= 11 is 0. The lowest BCUT2D eigenvalue weighted by atomic mass is 10.2. The van der Waals surface area contributed by atoms with Crippen LogP contribution in [-0.2, 0) is 11.2 Å². The van der Waals surface area contributed by atoms with Gasteiger partial charge < -0.3 is 9.73 Å². The molecule has 1 atom stereocenters. The summed E-state index contributed by atoms with van der Waals surface area (Å²) in [6.07, 6.45) is 5.04. The highest BCUT2D eigenvalue weighted by Crippen LogP contribution is 2.16. The van der Waals surface area contributed by atoms with E-state index in [1.165, 1.54) is 0 Å². The molecule has 2 rings (SSSR count). The zero-order chi connectivity index (χ0) is 14.4. The third-order valence-electron chi connectivity index (χ3n) is 2.96. The van der Waals surface area contributed by atoms with Crippen molar-refractivity contribution >= 4 is 5.91 Å². The third kappa shape index (κ3) is 3.88. The van der Waals surface area contributed by atoms with E-state index < -0.39 is 0 Å². The van der Waals surface area contributed by atoms with Crippen molar-refractivity contribution in [2.45, 2.75) is 39.2 Å². The minimum absolute atomic E-state index is 0.000442. The fraction of sp³-hybridized carbons (Fsp3) is 0.429. The van der Waals surface area contributed by atoms with Gasteiger partial charge in [-0.2, -0.15) is 0 Å². The molecule has 0 spiro atoms. The van der Waals surface area contributed by atoms with Crippen molar-refractivity contribution < 1.29 is 9.21 Å². The first-order chi connectivity index (χ1) is 9.69. The van der Waals surface area contributed by atoms with Gasteiger partial charge >= 0.3 is 0 Å². The number of nitrogens with zero attached hydrogens (tertiary/aromatic N) is 3. The molecule has 2 heterocycles. The Kier molecular flexibility index (Phi) is 4.81. The van der Waals surface area contributed by atoms with Crippen molar-refractivity contribution in [3.05, 3.63) is 30.4 Å². The Hall–Kier alpha value is -2.24. The molecule has 106 valence electrons. The van der Waals surface area contributed by atoms with E-state index in [9.17, 15) is 4.79 Å². The fourth-order valence-corrected chi connectivity index (χ4v) is 1.63. The number of pyridine rings is 1. The van der Waals surface area contributed by atoms with E-state index in [-0.39, 0.29) is 11.9 Å². The summed E-state index contributed by atoms with van der Waals surface area (Å²) in [7, 11) is 0. The van der Waals surface area contributed by atoms with Crippen molar-refractivity contribution in [1.29, 1.82) is 0 Å². The van der Waals surface area contributed by atoms with Gasteiger partial charge in [-0.15, -0.1) is 10.2 Å². The van der Waals surface area contributed by atoms with Crippen LogP contribution in [0.2, 0.25) is 0 Å². The van der Waals surface area contributed by atoms with Crippen LogP contribution in [0.3, 0.4) is 0 Å². The fourth-order valence-electron chi connectivity index (χ4n) is 1.63. The summed E-state index contributed by atoms with van der Waals surface area (Å²) in [6, 6.07) is 3.84. The second kappa shape index (κ2) is 6.79. The summed E-state index contributed by atoms with van der Waals surface area (Å²) < 4.78 is 5.51. The molecule has 0 aliphatic rings. The second-order valence-electron chi connectivity index (χ2n) is 4.62. The van der Waals surface area contributed by atoms with Crippen LogP contribution in [-0.4, -0.2) is 27.1 Å². The highest BCUT2D eigenvalue weighted by atomic mass is 16.4. The summed E-state index contributed by atoms with van der Waals surface area (Å²) in [5, 5.41) is 10.8. The molecule has 0 aliphatic carbocycles. The average molecular weight is 274 g/mol. The number of rotatable bonds is 6. The Morgan fingerprint density at radius 2 is 2.30 bits per heavy atom. The molecule has 2 aromatic heterocycles. The van der Waals surface area contributed by atoms with Crippen LogP contribution in [0.15, 0.2) is 28.9 Å². The Labute approximate surface area is 117 Å². The molecule has 0 saturated carbocycles.